The Morgan fingerprint density at radius 2 is 1.88 bits per heavy atom. The third-order valence-electron chi connectivity index (χ3n) is 3.67. The number of benzene rings is 2. The lowest BCUT2D eigenvalue weighted by molar-refractivity contribution is -0.153. The summed E-state index contributed by atoms with van der Waals surface area (Å²) in [5.41, 5.74) is 2.25. The number of hydrogen-bond donors (Lipinski definition) is 1. The fourth-order valence-corrected chi connectivity index (χ4v) is 2.34. The molecule has 2 aromatic rings. The van der Waals surface area contributed by atoms with Crippen LogP contribution in [0.25, 0.3) is 0 Å². The van der Waals surface area contributed by atoms with Crippen molar-refractivity contribution < 1.29 is 18.7 Å². The molecule has 0 saturated heterocycles. The number of carbonyl (C=O) groups is 2. The highest BCUT2D eigenvalue weighted by molar-refractivity contribution is 6.31. The second-order valence-corrected chi connectivity index (χ2v) is 6.14. The highest BCUT2D eigenvalue weighted by atomic mass is 35.5. The van der Waals surface area contributed by atoms with Crippen LogP contribution in [0.5, 0.6) is 0 Å². The minimum Gasteiger partial charge on any atom is -0.453 e. The SMILES string of the molecule is Cc1ccc(Cl)cc1NC(=O)[C@H](C)OC(=O)CCc1ccc(F)cc1. The smallest absolute Gasteiger partial charge is 0.306 e. The molecule has 1 N–H and O–H groups in total. The van der Waals surface area contributed by atoms with Crippen molar-refractivity contribution in [2.75, 3.05) is 5.32 Å². The second kappa shape index (κ2) is 8.62. The van der Waals surface area contributed by atoms with Gasteiger partial charge in [-0.2, -0.15) is 0 Å². The van der Waals surface area contributed by atoms with Gasteiger partial charge in [-0.3, -0.25) is 9.59 Å². The van der Waals surface area contributed by atoms with E-state index >= 15 is 0 Å². The standard InChI is InChI=1S/C19H19ClFNO3/c1-12-3-7-15(20)11-17(12)22-19(24)13(2)25-18(23)10-6-14-4-8-16(21)9-5-14/h3-5,7-9,11,13H,6,10H2,1-2H3,(H,22,24)/t13-/m0/s1. The van der Waals surface area contributed by atoms with Gasteiger partial charge in [0.05, 0.1) is 0 Å². The fraction of sp³-hybridized carbons (Fsp3) is 0.263. The molecule has 0 radical (unpaired) electrons. The Morgan fingerprint density at radius 1 is 1.20 bits per heavy atom. The van der Waals surface area contributed by atoms with Crippen LogP contribution in [-0.4, -0.2) is 18.0 Å². The predicted octanol–water partition coefficient (Wildman–Crippen LogP) is 4.29. The first kappa shape index (κ1) is 18.9. The number of nitrogens with one attached hydrogen (secondary N) is 1. The van der Waals surface area contributed by atoms with Crippen LogP contribution in [0.3, 0.4) is 0 Å². The van der Waals surface area contributed by atoms with Crippen molar-refractivity contribution >= 4 is 29.2 Å². The maximum absolute atomic E-state index is 12.8. The molecule has 1 amide bonds. The lowest BCUT2D eigenvalue weighted by Gasteiger charge is -2.15. The summed E-state index contributed by atoms with van der Waals surface area (Å²) in [5, 5.41) is 3.20. The van der Waals surface area contributed by atoms with E-state index in [1.165, 1.54) is 19.1 Å². The Hall–Kier alpha value is -2.40. The number of amides is 1. The molecule has 0 fully saturated rings. The first-order valence-corrected chi connectivity index (χ1v) is 8.24. The molecule has 2 rings (SSSR count). The van der Waals surface area contributed by atoms with E-state index in [0.717, 1.165) is 11.1 Å². The van der Waals surface area contributed by atoms with Gasteiger partial charge >= 0.3 is 5.97 Å². The fourth-order valence-electron chi connectivity index (χ4n) is 2.17. The van der Waals surface area contributed by atoms with Crippen molar-refractivity contribution in [1.29, 1.82) is 0 Å². The number of esters is 1. The largest absolute Gasteiger partial charge is 0.453 e. The summed E-state index contributed by atoms with van der Waals surface area (Å²) in [6, 6.07) is 11.1. The van der Waals surface area contributed by atoms with Crippen molar-refractivity contribution in [3.63, 3.8) is 0 Å². The minimum absolute atomic E-state index is 0.111. The van der Waals surface area contributed by atoms with E-state index in [9.17, 15) is 14.0 Å². The molecule has 0 bridgehead atoms. The maximum atomic E-state index is 12.8. The van der Waals surface area contributed by atoms with E-state index in [1.807, 2.05) is 6.92 Å². The number of ether oxygens (including phenoxy) is 1. The van der Waals surface area contributed by atoms with Gasteiger partial charge in [0, 0.05) is 17.1 Å². The van der Waals surface area contributed by atoms with Gasteiger partial charge in [0.25, 0.3) is 5.91 Å². The van der Waals surface area contributed by atoms with Crippen molar-refractivity contribution in [2.24, 2.45) is 0 Å². The monoisotopic (exact) mass is 363 g/mol. The van der Waals surface area contributed by atoms with E-state index in [2.05, 4.69) is 5.32 Å². The summed E-state index contributed by atoms with van der Waals surface area (Å²) >= 11 is 5.91. The van der Waals surface area contributed by atoms with Crippen molar-refractivity contribution in [1.82, 2.24) is 0 Å². The molecule has 6 heteroatoms. The third-order valence-corrected chi connectivity index (χ3v) is 3.90. The molecule has 0 aromatic heterocycles. The zero-order chi connectivity index (χ0) is 18.4. The first-order valence-electron chi connectivity index (χ1n) is 7.86. The number of carbonyl (C=O) groups excluding carboxylic acids is 2. The number of halogens is 2. The summed E-state index contributed by atoms with van der Waals surface area (Å²) in [4.78, 5) is 24.0. The Morgan fingerprint density at radius 3 is 2.56 bits per heavy atom. The molecule has 25 heavy (non-hydrogen) atoms. The molecule has 0 aliphatic carbocycles. The molecule has 1 atom stereocenters. The van der Waals surface area contributed by atoms with Gasteiger partial charge in [-0.05, 0) is 55.7 Å². The Kier molecular flexibility index (Phi) is 6.53. The van der Waals surface area contributed by atoms with Crippen LogP contribution < -0.4 is 5.32 Å². The van der Waals surface area contributed by atoms with Gasteiger partial charge in [-0.25, -0.2) is 4.39 Å². The van der Waals surface area contributed by atoms with E-state index in [0.29, 0.717) is 17.1 Å². The van der Waals surface area contributed by atoms with E-state index in [1.54, 1.807) is 30.3 Å². The molecule has 2 aromatic carbocycles. The van der Waals surface area contributed by atoms with Crippen LogP contribution in [-0.2, 0) is 20.7 Å². The Bertz CT molecular complexity index is 762. The average Bonchev–Trinajstić information content (AvgIpc) is 2.57. The van der Waals surface area contributed by atoms with Crippen LogP contribution in [0, 0.1) is 12.7 Å². The number of hydrogen-bond acceptors (Lipinski definition) is 3. The summed E-state index contributed by atoms with van der Waals surface area (Å²) in [5.74, 6) is -1.25. The predicted molar refractivity (Wildman–Crippen MR) is 95.1 cm³/mol. The summed E-state index contributed by atoms with van der Waals surface area (Å²) in [6.07, 6.45) is -0.403. The second-order valence-electron chi connectivity index (χ2n) is 5.71. The first-order chi connectivity index (χ1) is 11.8. The van der Waals surface area contributed by atoms with Crippen LogP contribution in [0.15, 0.2) is 42.5 Å². The maximum Gasteiger partial charge on any atom is 0.306 e. The molecule has 0 aliphatic rings. The molecule has 0 aliphatic heterocycles. The normalized spacial score (nSPS) is 11.7. The lowest BCUT2D eigenvalue weighted by Crippen LogP contribution is -2.30. The summed E-state index contributed by atoms with van der Waals surface area (Å²) in [6.45, 7) is 3.34. The minimum atomic E-state index is -0.931. The molecule has 0 unspecified atom stereocenters. The van der Waals surface area contributed by atoms with E-state index in [-0.39, 0.29) is 12.2 Å². The molecular weight excluding hydrogens is 345 g/mol. The van der Waals surface area contributed by atoms with Crippen LogP contribution >= 0.6 is 11.6 Å². The van der Waals surface area contributed by atoms with Gasteiger partial charge in [0.2, 0.25) is 0 Å². The van der Waals surface area contributed by atoms with Crippen LogP contribution in [0.2, 0.25) is 5.02 Å². The van der Waals surface area contributed by atoms with Crippen molar-refractivity contribution in [3.8, 4) is 0 Å². The third kappa shape index (κ3) is 5.87. The Balaban J connectivity index is 1.84. The van der Waals surface area contributed by atoms with Gasteiger partial charge < -0.3 is 10.1 Å². The Labute approximate surface area is 150 Å². The van der Waals surface area contributed by atoms with Crippen molar-refractivity contribution in [3.05, 3.63) is 64.4 Å². The van der Waals surface area contributed by atoms with E-state index < -0.39 is 18.0 Å². The quantitative estimate of drug-likeness (QED) is 0.779. The lowest BCUT2D eigenvalue weighted by atomic mass is 10.1. The highest BCUT2D eigenvalue weighted by Gasteiger charge is 2.18. The molecular formula is C19H19ClFNO3. The summed E-state index contributed by atoms with van der Waals surface area (Å²) in [7, 11) is 0. The molecule has 0 saturated carbocycles. The molecule has 4 nitrogen and oxygen atoms in total. The number of rotatable bonds is 6. The van der Waals surface area contributed by atoms with Crippen molar-refractivity contribution in [2.45, 2.75) is 32.8 Å². The van der Waals surface area contributed by atoms with Gasteiger partial charge in [0.15, 0.2) is 6.10 Å². The summed E-state index contributed by atoms with van der Waals surface area (Å²) < 4.78 is 18.0. The highest BCUT2D eigenvalue weighted by Crippen LogP contribution is 2.20. The van der Waals surface area contributed by atoms with Gasteiger partial charge in [-0.1, -0.05) is 29.8 Å². The zero-order valence-electron chi connectivity index (χ0n) is 14.0. The zero-order valence-corrected chi connectivity index (χ0v) is 14.8. The van der Waals surface area contributed by atoms with E-state index in [4.69, 9.17) is 16.3 Å². The van der Waals surface area contributed by atoms with Gasteiger partial charge in [0.1, 0.15) is 5.82 Å². The number of anilines is 1. The van der Waals surface area contributed by atoms with Crippen LogP contribution in [0.1, 0.15) is 24.5 Å². The molecule has 132 valence electrons. The number of aryl methyl sites for hydroxylation is 2. The topological polar surface area (TPSA) is 55.4 Å². The van der Waals surface area contributed by atoms with Crippen LogP contribution in [0.4, 0.5) is 10.1 Å². The molecule has 0 heterocycles. The molecule has 0 spiro atoms. The van der Waals surface area contributed by atoms with Gasteiger partial charge in [-0.15, -0.1) is 0 Å². The average molecular weight is 364 g/mol.